The summed E-state index contributed by atoms with van der Waals surface area (Å²) in [5.41, 5.74) is 0. The lowest BCUT2D eigenvalue weighted by molar-refractivity contribution is -0.121. The van der Waals surface area contributed by atoms with Crippen molar-refractivity contribution < 1.29 is 9.90 Å². The lowest BCUT2D eigenvalue weighted by Crippen LogP contribution is -2.34. The minimum atomic E-state index is 0.0233. The predicted molar refractivity (Wildman–Crippen MR) is 55.0 cm³/mol. The molecule has 1 heterocycles. The molecule has 0 unspecified atom stereocenters. The molecule has 1 amide bonds. The van der Waals surface area contributed by atoms with Gasteiger partial charge in [-0.15, -0.1) is 0 Å². The third kappa shape index (κ3) is 4.58. The normalized spacial score (nSPS) is 18.1. The standard InChI is InChI=1S/C10H20N2O2/c13-9-5-11-10(14)4-8-12-6-2-1-3-7-12/h13H,1-9H2,(H,11,14). The fourth-order valence-corrected chi connectivity index (χ4v) is 1.73. The summed E-state index contributed by atoms with van der Waals surface area (Å²) >= 11 is 0. The first-order chi connectivity index (χ1) is 6.83. The molecule has 0 bridgehead atoms. The van der Waals surface area contributed by atoms with Gasteiger partial charge in [0.25, 0.3) is 0 Å². The van der Waals surface area contributed by atoms with Gasteiger partial charge in [0.1, 0.15) is 0 Å². The fraction of sp³-hybridized carbons (Fsp3) is 0.900. The van der Waals surface area contributed by atoms with E-state index in [1.165, 1.54) is 19.3 Å². The third-order valence-corrected chi connectivity index (χ3v) is 2.54. The van der Waals surface area contributed by atoms with Gasteiger partial charge >= 0.3 is 0 Å². The molecular weight excluding hydrogens is 180 g/mol. The monoisotopic (exact) mass is 200 g/mol. The lowest BCUT2D eigenvalue weighted by Gasteiger charge is -2.25. The summed E-state index contributed by atoms with van der Waals surface area (Å²) in [6.45, 7) is 3.52. The maximum absolute atomic E-state index is 11.2. The summed E-state index contributed by atoms with van der Waals surface area (Å²) in [6.07, 6.45) is 4.41. The van der Waals surface area contributed by atoms with E-state index in [0.29, 0.717) is 13.0 Å². The SMILES string of the molecule is O=C(CCN1CCCCC1)NCCO. The second kappa shape index (κ2) is 6.79. The Labute approximate surface area is 85.3 Å². The predicted octanol–water partition coefficient (Wildman–Crippen LogP) is -0.0291. The average molecular weight is 200 g/mol. The second-order valence-electron chi connectivity index (χ2n) is 3.73. The molecule has 0 atom stereocenters. The Morgan fingerprint density at radius 1 is 1.29 bits per heavy atom. The molecule has 0 aromatic rings. The number of hydrogen-bond donors (Lipinski definition) is 2. The van der Waals surface area contributed by atoms with Crippen molar-refractivity contribution in [1.29, 1.82) is 0 Å². The molecule has 1 aliphatic heterocycles. The van der Waals surface area contributed by atoms with Gasteiger partial charge in [-0.25, -0.2) is 0 Å². The summed E-state index contributed by atoms with van der Waals surface area (Å²) in [5, 5.41) is 11.2. The largest absolute Gasteiger partial charge is 0.395 e. The van der Waals surface area contributed by atoms with Gasteiger partial charge in [-0.05, 0) is 25.9 Å². The molecule has 1 aliphatic rings. The van der Waals surface area contributed by atoms with Crippen LogP contribution in [-0.4, -0.2) is 48.7 Å². The molecule has 1 saturated heterocycles. The second-order valence-corrected chi connectivity index (χ2v) is 3.73. The maximum Gasteiger partial charge on any atom is 0.221 e. The smallest absolute Gasteiger partial charge is 0.221 e. The van der Waals surface area contributed by atoms with Crippen LogP contribution in [0, 0.1) is 0 Å². The van der Waals surface area contributed by atoms with Gasteiger partial charge in [0.2, 0.25) is 5.91 Å². The quantitative estimate of drug-likeness (QED) is 0.655. The molecule has 82 valence electrons. The number of rotatable bonds is 5. The minimum absolute atomic E-state index is 0.0233. The van der Waals surface area contributed by atoms with Crippen molar-refractivity contribution in [2.45, 2.75) is 25.7 Å². The number of piperidine rings is 1. The highest BCUT2D eigenvalue weighted by molar-refractivity contribution is 5.75. The van der Waals surface area contributed by atoms with E-state index in [-0.39, 0.29) is 12.5 Å². The highest BCUT2D eigenvalue weighted by Crippen LogP contribution is 2.08. The van der Waals surface area contributed by atoms with E-state index in [2.05, 4.69) is 10.2 Å². The number of aliphatic hydroxyl groups excluding tert-OH is 1. The topological polar surface area (TPSA) is 52.6 Å². The Hall–Kier alpha value is -0.610. The van der Waals surface area contributed by atoms with Gasteiger partial charge in [0, 0.05) is 19.5 Å². The van der Waals surface area contributed by atoms with Gasteiger partial charge < -0.3 is 15.3 Å². The van der Waals surface area contributed by atoms with Crippen molar-refractivity contribution in [1.82, 2.24) is 10.2 Å². The number of amides is 1. The molecular formula is C10H20N2O2. The van der Waals surface area contributed by atoms with Crippen LogP contribution in [0.2, 0.25) is 0 Å². The molecule has 2 N–H and O–H groups in total. The van der Waals surface area contributed by atoms with Crippen LogP contribution in [0.25, 0.3) is 0 Å². The van der Waals surface area contributed by atoms with Crippen LogP contribution in [0.4, 0.5) is 0 Å². The van der Waals surface area contributed by atoms with Crippen LogP contribution in [0.3, 0.4) is 0 Å². The highest BCUT2D eigenvalue weighted by atomic mass is 16.3. The Balaban J connectivity index is 2.03. The summed E-state index contributed by atoms with van der Waals surface area (Å²) in [6, 6.07) is 0. The Morgan fingerprint density at radius 2 is 2.00 bits per heavy atom. The molecule has 0 aromatic carbocycles. The van der Waals surface area contributed by atoms with Crippen molar-refractivity contribution in [2.75, 3.05) is 32.8 Å². The fourth-order valence-electron chi connectivity index (χ4n) is 1.73. The van der Waals surface area contributed by atoms with Crippen LogP contribution in [0.15, 0.2) is 0 Å². The molecule has 14 heavy (non-hydrogen) atoms. The number of nitrogens with zero attached hydrogens (tertiary/aromatic N) is 1. The number of carbonyl (C=O) groups is 1. The molecule has 4 nitrogen and oxygen atoms in total. The third-order valence-electron chi connectivity index (χ3n) is 2.54. The van der Waals surface area contributed by atoms with Crippen LogP contribution < -0.4 is 5.32 Å². The zero-order chi connectivity index (χ0) is 10.2. The molecule has 4 heteroatoms. The van der Waals surface area contributed by atoms with E-state index >= 15 is 0 Å². The first-order valence-corrected chi connectivity index (χ1v) is 5.43. The van der Waals surface area contributed by atoms with Crippen molar-refractivity contribution >= 4 is 5.91 Å². The van der Waals surface area contributed by atoms with Gasteiger partial charge in [-0.2, -0.15) is 0 Å². The van der Waals surface area contributed by atoms with Crippen molar-refractivity contribution in [3.8, 4) is 0 Å². The van der Waals surface area contributed by atoms with Gasteiger partial charge in [-0.3, -0.25) is 4.79 Å². The zero-order valence-electron chi connectivity index (χ0n) is 8.67. The summed E-state index contributed by atoms with van der Waals surface area (Å²) in [5.74, 6) is 0.0459. The van der Waals surface area contributed by atoms with E-state index in [1.54, 1.807) is 0 Å². The van der Waals surface area contributed by atoms with Crippen molar-refractivity contribution in [3.63, 3.8) is 0 Å². The Kier molecular flexibility index (Phi) is 5.56. The van der Waals surface area contributed by atoms with Crippen molar-refractivity contribution in [2.24, 2.45) is 0 Å². The number of aliphatic hydroxyl groups is 1. The van der Waals surface area contributed by atoms with Gasteiger partial charge in [0.05, 0.1) is 6.61 Å². The molecule has 0 aliphatic carbocycles. The number of carbonyl (C=O) groups excluding carboxylic acids is 1. The molecule has 0 spiro atoms. The summed E-state index contributed by atoms with van der Waals surface area (Å²) < 4.78 is 0. The van der Waals surface area contributed by atoms with Gasteiger partial charge in [0.15, 0.2) is 0 Å². The molecule has 0 radical (unpaired) electrons. The average Bonchev–Trinajstić information content (AvgIpc) is 2.25. The van der Waals surface area contributed by atoms with Crippen LogP contribution >= 0.6 is 0 Å². The number of hydrogen-bond acceptors (Lipinski definition) is 3. The number of likely N-dealkylation sites (tertiary alicyclic amines) is 1. The Morgan fingerprint density at radius 3 is 2.64 bits per heavy atom. The molecule has 0 saturated carbocycles. The highest BCUT2D eigenvalue weighted by Gasteiger charge is 2.10. The first kappa shape index (κ1) is 11.5. The van der Waals surface area contributed by atoms with Crippen molar-refractivity contribution in [3.05, 3.63) is 0 Å². The van der Waals surface area contributed by atoms with E-state index in [1.807, 2.05) is 0 Å². The van der Waals surface area contributed by atoms with Crippen LogP contribution in [0.1, 0.15) is 25.7 Å². The lowest BCUT2D eigenvalue weighted by atomic mass is 10.1. The van der Waals surface area contributed by atoms with Gasteiger partial charge in [-0.1, -0.05) is 6.42 Å². The molecule has 0 aromatic heterocycles. The summed E-state index contributed by atoms with van der Waals surface area (Å²) in [4.78, 5) is 13.5. The molecule has 1 fully saturated rings. The van der Waals surface area contributed by atoms with E-state index in [0.717, 1.165) is 19.6 Å². The van der Waals surface area contributed by atoms with E-state index in [4.69, 9.17) is 5.11 Å². The summed E-state index contributed by atoms with van der Waals surface area (Å²) in [7, 11) is 0. The molecule has 1 rings (SSSR count). The van der Waals surface area contributed by atoms with Crippen LogP contribution in [0.5, 0.6) is 0 Å². The van der Waals surface area contributed by atoms with E-state index < -0.39 is 0 Å². The van der Waals surface area contributed by atoms with Crippen LogP contribution in [-0.2, 0) is 4.79 Å². The number of nitrogens with one attached hydrogen (secondary N) is 1. The van der Waals surface area contributed by atoms with E-state index in [9.17, 15) is 4.79 Å². The zero-order valence-corrected chi connectivity index (χ0v) is 8.67. The first-order valence-electron chi connectivity index (χ1n) is 5.43. The minimum Gasteiger partial charge on any atom is -0.395 e. The Bertz CT molecular complexity index is 168. The maximum atomic E-state index is 11.2.